The number of halogens is 2. The van der Waals surface area contributed by atoms with E-state index >= 15 is 0 Å². The van der Waals surface area contributed by atoms with Crippen LogP contribution in [0.5, 0.6) is 0 Å². The average Bonchev–Trinajstić information content (AvgIpc) is 3.59. The Hall–Kier alpha value is -3.37. The number of rotatable bonds is 7. The molecule has 0 spiro atoms. The SMILES string of the molecule is CNC(=O)c1c(-c2ccc(F)cc2)oc2cc(N(OC)c3ccc(C4COB(O)C4)c(Cl)c3)c(C3CC3)cc12. The van der Waals surface area contributed by atoms with Gasteiger partial charge in [-0.25, -0.2) is 9.45 Å². The second kappa shape index (κ2) is 10.3. The van der Waals surface area contributed by atoms with E-state index in [4.69, 9.17) is 25.5 Å². The number of carbonyl (C=O) groups excluding carboxylic acids is 1. The molecule has 2 fully saturated rings. The van der Waals surface area contributed by atoms with Crippen LogP contribution < -0.4 is 10.4 Å². The highest BCUT2D eigenvalue weighted by Crippen LogP contribution is 2.49. The van der Waals surface area contributed by atoms with E-state index in [-0.39, 0.29) is 17.6 Å². The molecule has 2 aliphatic rings. The number of nitrogens with one attached hydrogen (secondary N) is 1. The van der Waals surface area contributed by atoms with Gasteiger partial charge in [-0.2, -0.15) is 0 Å². The topological polar surface area (TPSA) is 84.2 Å². The highest BCUT2D eigenvalue weighted by molar-refractivity contribution is 6.44. The number of carbonyl (C=O) groups is 1. The Morgan fingerprint density at radius 3 is 2.51 bits per heavy atom. The molecular weight excluding hydrogens is 522 g/mol. The summed E-state index contributed by atoms with van der Waals surface area (Å²) < 4.78 is 25.2. The van der Waals surface area contributed by atoms with Gasteiger partial charge >= 0.3 is 7.12 Å². The standard InChI is InChI=1S/C29H27BClFN2O5/c1-33-29(35)27-23-12-22(16-3-4-16)25(13-26(23)39-28(27)17-5-7-19(32)8-6-17)34(37-2)20-9-10-21(24(31)11-20)18-14-30(36)38-15-18/h5-13,16,18,36H,3-4,14-15H2,1-2H3,(H,33,35). The largest absolute Gasteiger partial charge is 0.455 e. The van der Waals surface area contributed by atoms with E-state index in [0.717, 1.165) is 35.3 Å². The molecule has 2 N–H and O–H groups in total. The van der Waals surface area contributed by atoms with Crippen molar-refractivity contribution in [3.8, 4) is 11.3 Å². The molecule has 1 atom stereocenters. The first-order valence-electron chi connectivity index (χ1n) is 12.9. The Bertz CT molecular complexity index is 1560. The summed E-state index contributed by atoms with van der Waals surface area (Å²) in [5, 5.41) is 15.4. The molecule has 3 aromatic carbocycles. The second-order valence-electron chi connectivity index (χ2n) is 9.98. The van der Waals surface area contributed by atoms with Crippen molar-refractivity contribution in [2.45, 2.75) is 31.0 Å². The van der Waals surface area contributed by atoms with E-state index in [1.165, 1.54) is 12.1 Å². The molecule has 200 valence electrons. The Morgan fingerprint density at radius 1 is 1.13 bits per heavy atom. The number of benzene rings is 3. The third kappa shape index (κ3) is 4.80. The molecule has 1 amide bonds. The summed E-state index contributed by atoms with van der Waals surface area (Å²) in [4.78, 5) is 18.9. The molecule has 6 rings (SSSR count). The Balaban J connectivity index is 1.47. The Labute approximate surface area is 230 Å². The van der Waals surface area contributed by atoms with Gasteiger partial charge in [-0.05, 0) is 78.7 Å². The lowest BCUT2D eigenvalue weighted by molar-refractivity contribution is 0.0964. The van der Waals surface area contributed by atoms with Crippen molar-refractivity contribution in [3.05, 3.63) is 82.1 Å². The molecule has 7 nitrogen and oxygen atoms in total. The molecular formula is C29H27BClFN2O5. The van der Waals surface area contributed by atoms with Gasteiger partial charge in [0.2, 0.25) is 0 Å². The van der Waals surface area contributed by atoms with Gasteiger partial charge in [0.05, 0.1) is 24.0 Å². The minimum atomic E-state index is -0.776. The van der Waals surface area contributed by atoms with Gasteiger partial charge in [-0.15, -0.1) is 0 Å². The van der Waals surface area contributed by atoms with E-state index in [1.54, 1.807) is 31.4 Å². The molecule has 10 heteroatoms. The highest BCUT2D eigenvalue weighted by atomic mass is 35.5. The first-order valence-corrected chi connectivity index (χ1v) is 13.3. The first-order chi connectivity index (χ1) is 18.9. The maximum atomic E-state index is 13.6. The summed E-state index contributed by atoms with van der Waals surface area (Å²) >= 11 is 6.70. The summed E-state index contributed by atoms with van der Waals surface area (Å²) in [6.07, 6.45) is 2.55. The molecule has 0 bridgehead atoms. The van der Waals surface area contributed by atoms with Gasteiger partial charge < -0.3 is 19.4 Å². The lowest BCUT2D eigenvalue weighted by Gasteiger charge is -2.25. The quantitative estimate of drug-likeness (QED) is 0.205. The minimum Gasteiger partial charge on any atom is -0.455 e. The number of fused-ring (bicyclic) bond motifs is 1. The van der Waals surface area contributed by atoms with Gasteiger partial charge in [-0.1, -0.05) is 17.7 Å². The van der Waals surface area contributed by atoms with Crippen LogP contribution in [0.25, 0.3) is 22.3 Å². The molecule has 1 unspecified atom stereocenters. The lowest BCUT2D eigenvalue weighted by Crippen LogP contribution is -2.18. The van der Waals surface area contributed by atoms with Gasteiger partial charge in [0.25, 0.3) is 5.91 Å². The second-order valence-corrected chi connectivity index (χ2v) is 10.4. The number of hydrogen-bond acceptors (Lipinski definition) is 6. The third-order valence-corrected chi connectivity index (χ3v) is 7.78. The van der Waals surface area contributed by atoms with Crippen LogP contribution in [0.3, 0.4) is 0 Å². The number of hydrogen-bond donors (Lipinski definition) is 2. The zero-order chi connectivity index (χ0) is 27.3. The molecule has 39 heavy (non-hydrogen) atoms. The summed E-state index contributed by atoms with van der Waals surface area (Å²) in [5.74, 6) is 0.0597. The Kier molecular flexibility index (Phi) is 6.85. The van der Waals surface area contributed by atoms with Crippen LogP contribution in [-0.2, 0) is 9.49 Å². The molecule has 1 aromatic heterocycles. The number of amides is 1. The van der Waals surface area contributed by atoms with Crippen LogP contribution in [0.4, 0.5) is 15.8 Å². The smallest absolute Gasteiger partial charge is 0.454 e. The molecule has 1 aliphatic carbocycles. The van der Waals surface area contributed by atoms with Crippen molar-refractivity contribution in [3.63, 3.8) is 0 Å². The van der Waals surface area contributed by atoms with E-state index in [2.05, 4.69) is 5.32 Å². The van der Waals surface area contributed by atoms with Crippen LogP contribution >= 0.6 is 11.6 Å². The molecule has 0 radical (unpaired) electrons. The van der Waals surface area contributed by atoms with Crippen LogP contribution in [0.2, 0.25) is 11.3 Å². The zero-order valence-corrected chi connectivity index (χ0v) is 22.3. The minimum absolute atomic E-state index is 0.0204. The normalized spacial score (nSPS) is 17.2. The van der Waals surface area contributed by atoms with E-state index < -0.39 is 7.12 Å². The fraction of sp³-hybridized carbons (Fsp3) is 0.276. The van der Waals surface area contributed by atoms with E-state index in [9.17, 15) is 14.2 Å². The summed E-state index contributed by atoms with van der Waals surface area (Å²) in [6, 6.07) is 15.5. The fourth-order valence-electron chi connectivity index (χ4n) is 5.34. The van der Waals surface area contributed by atoms with Gasteiger partial charge in [-0.3, -0.25) is 9.63 Å². The van der Waals surface area contributed by atoms with Gasteiger partial charge in [0, 0.05) is 41.6 Å². The fourth-order valence-corrected chi connectivity index (χ4v) is 5.67. The zero-order valence-electron chi connectivity index (χ0n) is 21.5. The van der Waals surface area contributed by atoms with Crippen LogP contribution in [-0.4, -0.2) is 38.8 Å². The van der Waals surface area contributed by atoms with Crippen molar-refractivity contribution >= 4 is 47.0 Å². The predicted octanol–water partition coefficient (Wildman–Crippen LogP) is 6.42. The maximum Gasteiger partial charge on any atom is 0.454 e. The monoisotopic (exact) mass is 548 g/mol. The van der Waals surface area contributed by atoms with Crippen LogP contribution in [0, 0.1) is 5.82 Å². The Morgan fingerprint density at radius 2 is 1.90 bits per heavy atom. The van der Waals surface area contributed by atoms with Crippen molar-refractivity contribution < 1.29 is 28.1 Å². The predicted molar refractivity (Wildman–Crippen MR) is 149 cm³/mol. The van der Waals surface area contributed by atoms with E-state index in [1.807, 2.05) is 30.3 Å². The van der Waals surface area contributed by atoms with Gasteiger partial charge in [0.15, 0.2) is 0 Å². The number of furan rings is 1. The summed E-state index contributed by atoms with van der Waals surface area (Å²) in [7, 11) is 2.39. The average molecular weight is 549 g/mol. The summed E-state index contributed by atoms with van der Waals surface area (Å²) in [6.45, 7) is 0.416. The van der Waals surface area contributed by atoms with Gasteiger partial charge in [0.1, 0.15) is 17.2 Å². The van der Waals surface area contributed by atoms with Crippen LogP contribution in [0.15, 0.2) is 59.0 Å². The van der Waals surface area contributed by atoms with Crippen molar-refractivity contribution in [1.29, 1.82) is 0 Å². The molecule has 1 aliphatic heterocycles. The maximum absolute atomic E-state index is 13.6. The molecule has 1 saturated heterocycles. The lowest BCUT2D eigenvalue weighted by atomic mass is 9.79. The van der Waals surface area contributed by atoms with E-state index in [0.29, 0.717) is 51.7 Å². The number of anilines is 2. The first kappa shape index (κ1) is 25.9. The van der Waals surface area contributed by atoms with Crippen molar-refractivity contribution in [1.82, 2.24) is 5.32 Å². The molecule has 4 aromatic rings. The number of nitrogens with zero attached hydrogens (tertiary/aromatic N) is 1. The molecule has 1 saturated carbocycles. The van der Waals surface area contributed by atoms with Crippen molar-refractivity contribution in [2.75, 3.05) is 25.8 Å². The van der Waals surface area contributed by atoms with Crippen LogP contribution in [0.1, 0.15) is 46.2 Å². The van der Waals surface area contributed by atoms with Crippen molar-refractivity contribution in [2.24, 2.45) is 0 Å². The molecule has 2 heterocycles. The summed E-state index contributed by atoms with van der Waals surface area (Å²) in [5.41, 5.74) is 4.99. The highest BCUT2D eigenvalue weighted by Gasteiger charge is 2.33. The third-order valence-electron chi connectivity index (χ3n) is 7.45.